The second-order valence-electron chi connectivity index (χ2n) is 5.01. The van der Waals surface area contributed by atoms with Gasteiger partial charge in [-0.25, -0.2) is 0 Å². The maximum absolute atomic E-state index is 12.3. The van der Waals surface area contributed by atoms with Gasteiger partial charge in [-0.05, 0) is 37.6 Å². The summed E-state index contributed by atoms with van der Waals surface area (Å²) in [4.78, 5) is 22.8. The van der Waals surface area contributed by atoms with Crippen LogP contribution in [0.1, 0.15) is 21.5 Å². The monoisotopic (exact) mass is 299 g/mol. The number of benzene rings is 2. The van der Waals surface area contributed by atoms with Gasteiger partial charge in [0, 0.05) is 24.4 Å². The Morgan fingerprint density at radius 1 is 1.09 bits per heavy atom. The highest BCUT2D eigenvalue weighted by Crippen LogP contribution is 2.26. The van der Waals surface area contributed by atoms with E-state index in [1.54, 1.807) is 13.1 Å². The summed E-state index contributed by atoms with van der Waals surface area (Å²) in [5, 5.41) is 16.5. The zero-order valence-electron chi connectivity index (χ0n) is 12.6. The summed E-state index contributed by atoms with van der Waals surface area (Å²) in [5.74, 6) is -0.377. The molecule has 2 rings (SSSR count). The molecule has 0 atom stereocenters. The summed E-state index contributed by atoms with van der Waals surface area (Å²) < 4.78 is 0. The molecule has 22 heavy (non-hydrogen) atoms. The van der Waals surface area contributed by atoms with Gasteiger partial charge in [0.25, 0.3) is 11.6 Å². The van der Waals surface area contributed by atoms with E-state index in [1.807, 2.05) is 32.0 Å². The Labute approximate surface area is 128 Å². The van der Waals surface area contributed by atoms with Gasteiger partial charge in [0.2, 0.25) is 0 Å². The lowest BCUT2D eigenvalue weighted by molar-refractivity contribution is -0.384. The molecule has 0 radical (unpaired) electrons. The van der Waals surface area contributed by atoms with Crippen LogP contribution in [0.25, 0.3) is 0 Å². The summed E-state index contributed by atoms with van der Waals surface area (Å²) in [6.07, 6.45) is 0. The Kier molecular flexibility index (Phi) is 4.41. The fourth-order valence-electron chi connectivity index (χ4n) is 2.18. The van der Waals surface area contributed by atoms with Gasteiger partial charge in [-0.15, -0.1) is 0 Å². The average molecular weight is 299 g/mol. The number of amides is 1. The molecule has 6 heteroatoms. The van der Waals surface area contributed by atoms with Crippen LogP contribution in [0.3, 0.4) is 0 Å². The lowest BCUT2D eigenvalue weighted by Crippen LogP contribution is -2.13. The highest BCUT2D eigenvalue weighted by Gasteiger charge is 2.17. The lowest BCUT2D eigenvalue weighted by atomic mass is 10.1. The molecule has 0 unspecified atom stereocenters. The third-order valence-electron chi connectivity index (χ3n) is 3.36. The van der Waals surface area contributed by atoms with Gasteiger partial charge in [0.1, 0.15) is 5.69 Å². The molecule has 2 aromatic carbocycles. The zero-order chi connectivity index (χ0) is 16.3. The molecular formula is C16H17N3O3. The molecule has 2 N–H and O–H groups in total. The molecule has 0 aliphatic heterocycles. The standard InChI is InChI=1S/C16H17N3O3/c1-10-4-6-13(11(2)8-10)18-16(20)12-5-7-14(17-3)15(9-12)19(21)22/h4-9,17H,1-3H3,(H,18,20). The quantitative estimate of drug-likeness (QED) is 0.668. The molecule has 0 saturated carbocycles. The van der Waals surface area contributed by atoms with Gasteiger partial charge >= 0.3 is 0 Å². The van der Waals surface area contributed by atoms with Crippen molar-refractivity contribution in [1.82, 2.24) is 0 Å². The average Bonchev–Trinajstić information content (AvgIpc) is 2.49. The molecule has 0 fully saturated rings. The number of anilines is 2. The van der Waals surface area contributed by atoms with Crippen LogP contribution in [0.4, 0.5) is 17.1 Å². The molecule has 0 bridgehead atoms. The number of hydrogen-bond donors (Lipinski definition) is 2. The van der Waals surface area contributed by atoms with E-state index in [0.29, 0.717) is 11.4 Å². The fourth-order valence-corrected chi connectivity index (χ4v) is 2.18. The van der Waals surface area contributed by atoms with Gasteiger partial charge in [-0.2, -0.15) is 0 Å². The Morgan fingerprint density at radius 3 is 2.36 bits per heavy atom. The Balaban J connectivity index is 2.30. The normalized spacial score (nSPS) is 10.1. The Morgan fingerprint density at radius 2 is 1.77 bits per heavy atom. The molecule has 114 valence electrons. The first-order chi connectivity index (χ1) is 10.4. The van der Waals surface area contributed by atoms with Gasteiger partial charge in [-0.3, -0.25) is 14.9 Å². The Bertz CT molecular complexity index is 741. The van der Waals surface area contributed by atoms with E-state index in [4.69, 9.17) is 0 Å². The predicted molar refractivity (Wildman–Crippen MR) is 86.5 cm³/mol. The SMILES string of the molecule is CNc1ccc(C(=O)Nc2ccc(C)cc2C)cc1[N+](=O)[O-]. The zero-order valence-corrected chi connectivity index (χ0v) is 12.6. The van der Waals surface area contributed by atoms with Crippen molar-refractivity contribution >= 4 is 23.0 Å². The van der Waals surface area contributed by atoms with Crippen LogP contribution in [0.15, 0.2) is 36.4 Å². The molecule has 6 nitrogen and oxygen atoms in total. The number of nitro groups is 1. The van der Waals surface area contributed by atoms with Crippen molar-refractivity contribution in [3.05, 3.63) is 63.2 Å². The largest absolute Gasteiger partial charge is 0.383 e. The molecule has 1 amide bonds. The minimum atomic E-state index is -0.514. The third kappa shape index (κ3) is 3.22. The van der Waals surface area contributed by atoms with Crippen LogP contribution in [-0.2, 0) is 0 Å². The van der Waals surface area contributed by atoms with Gasteiger partial charge in [0.15, 0.2) is 0 Å². The first-order valence-electron chi connectivity index (χ1n) is 6.77. The van der Waals surface area contributed by atoms with Crippen molar-refractivity contribution in [3.8, 4) is 0 Å². The lowest BCUT2D eigenvalue weighted by Gasteiger charge is -2.10. The highest BCUT2D eigenvalue weighted by atomic mass is 16.6. The summed E-state index contributed by atoms with van der Waals surface area (Å²) in [6, 6.07) is 10.0. The first-order valence-corrected chi connectivity index (χ1v) is 6.77. The number of carbonyl (C=O) groups is 1. The molecule has 2 aromatic rings. The van der Waals surface area contributed by atoms with Crippen molar-refractivity contribution in [2.75, 3.05) is 17.7 Å². The number of aryl methyl sites for hydroxylation is 2. The van der Waals surface area contributed by atoms with Gasteiger partial charge in [-0.1, -0.05) is 17.7 Å². The van der Waals surface area contributed by atoms with Gasteiger partial charge in [0.05, 0.1) is 4.92 Å². The molecule has 0 aromatic heterocycles. The smallest absolute Gasteiger partial charge is 0.293 e. The van der Waals surface area contributed by atoms with Gasteiger partial charge < -0.3 is 10.6 Å². The van der Waals surface area contributed by atoms with Crippen LogP contribution in [0, 0.1) is 24.0 Å². The van der Waals surface area contributed by atoms with E-state index in [0.717, 1.165) is 11.1 Å². The molecule has 0 aliphatic carbocycles. The van der Waals surface area contributed by atoms with Crippen LogP contribution >= 0.6 is 0 Å². The van der Waals surface area contributed by atoms with Crippen LogP contribution in [-0.4, -0.2) is 17.9 Å². The summed E-state index contributed by atoms with van der Waals surface area (Å²) in [5.41, 5.74) is 3.21. The summed E-state index contributed by atoms with van der Waals surface area (Å²) in [7, 11) is 1.59. The molecule has 0 heterocycles. The predicted octanol–water partition coefficient (Wildman–Crippen LogP) is 3.51. The first kappa shape index (κ1) is 15.5. The minimum Gasteiger partial charge on any atom is -0.383 e. The molecular weight excluding hydrogens is 282 g/mol. The van der Waals surface area contributed by atoms with Crippen molar-refractivity contribution in [3.63, 3.8) is 0 Å². The van der Waals surface area contributed by atoms with E-state index in [9.17, 15) is 14.9 Å². The number of carbonyl (C=O) groups excluding carboxylic acids is 1. The highest BCUT2D eigenvalue weighted by molar-refractivity contribution is 6.05. The maximum Gasteiger partial charge on any atom is 0.293 e. The van der Waals surface area contributed by atoms with Crippen molar-refractivity contribution in [1.29, 1.82) is 0 Å². The molecule has 0 aliphatic rings. The van der Waals surface area contributed by atoms with Crippen molar-refractivity contribution in [2.45, 2.75) is 13.8 Å². The topological polar surface area (TPSA) is 84.3 Å². The number of hydrogen-bond acceptors (Lipinski definition) is 4. The van der Waals surface area contributed by atoms with Crippen molar-refractivity contribution < 1.29 is 9.72 Å². The second-order valence-corrected chi connectivity index (χ2v) is 5.01. The fraction of sp³-hybridized carbons (Fsp3) is 0.188. The van der Waals surface area contributed by atoms with E-state index in [2.05, 4.69) is 10.6 Å². The number of nitrogens with one attached hydrogen (secondary N) is 2. The number of rotatable bonds is 4. The van der Waals surface area contributed by atoms with Crippen LogP contribution in [0.2, 0.25) is 0 Å². The van der Waals surface area contributed by atoms with Crippen LogP contribution in [0.5, 0.6) is 0 Å². The minimum absolute atomic E-state index is 0.129. The Hall–Kier alpha value is -2.89. The summed E-state index contributed by atoms with van der Waals surface area (Å²) in [6.45, 7) is 3.87. The maximum atomic E-state index is 12.3. The van der Waals surface area contributed by atoms with E-state index < -0.39 is 4.92 Å². The molecule has 0 saturated heterocycles. The van der Waals surface area contributed by atoms with E-state index in [1.165, 1.54) is 12.1 Å². The number of nitro benzene ring substituents is 1. The second kappa shape index (κ2) is 6.26. The third-order valence-corrected chi connectivity index (χ3v) is 3.36. The number of nitrogens with zero attached hydrogens (tertiary/aromatic N) is 1. The van der Waals surface area contributed by atoms with E-state index >= 15 is 0 Å². The van der Waals surface area contributed by atoms with Crippen LogP contribution < -0.4 is 10.6 Å². The molecule has 0 spiro atoms. The van der Waals surface area contributed by atoms with Crippen molar-refractivity contribution in [2.24, 2.45) is 0 Å². The van der Waals surface area contributed by atoms with E-state index in [-0.39, 0.29) is 17.2 Å². The summed E-state index contributed by atoms with van der Waals surface area (Å²) >= 11 is 0.